The summed E-state index contributed by atoms with van der Waals surface area (Å²) in [5.41, 5.74) is 7.38. The van der Waals surface area contributed by atoms with Gasteiger partial charge in [0.25, 0.3) is 0 Å². The molecule has 1 aromatic heterocycles. The predicted octanol–water partition coefficient (Wildman–Crippen LogP) is 0.999. The standard InChI is InChI=1S/C10H9N3O2/c1-15-10(14)8-6(11)2-3-7-9(8)13-5-4-12-7/h2-5H,11H2,1H3. The average Bonchev–Trinajstić information content (AvgIpc) is 2.28. The number of carbonyl (C=O) groups excluding carboxylic acids is 1. The zero-order valence-electron chi connectivity index (χ0n) is 8.10. The number of nitrogen functional groups attached to an aromatic ring is 1. The molecule has 1 heterocycles. The Balaban J connectivity index is 2.79. The molecule has 0 fully saturated rings. The number of methoxy groups -OCH3 is 1. The van der Waals surface area contributed by atoms with E-state index in [0.29, 0.717) is 16.7 Å². The first-order valence-corrected chi connectivity index (χ1v) is 4.31. The highest BCUT2D eigenvalue weighted by Crippen LogP contribution is 2.21. The molecule has 0 saturated heterocycles. The Bertz CT molecular complexity index is 525. The Hall–Kier alpha value is -2.17. The van der Waals surface area contributed by atoms with E-state index in [-0.39, 0.29) is 5.56 Å². The smallest absolute Gasteiger partial charge is 0.342 e. The summed E-state index contributed by atoms with van der Waals surface area (Å²) in [5, 5.41) is 0. The predicted molar refractivity (Wildman–Crippen MR) is 55.3 cm³/mol. The summed E-state index contributed by atoms with van der Waals surface area (Å²) in [4.78, 5) is 19.6. The third kappa shape index (κ3) is 1.48. The summed E-state index contributed by atoms with van der Waals surface area (Å²) in [5.74, 6) is -0.501. The normalized spacial score (nSPS) is 10.2. The van der Waals surface area contributed by atoms with Crippen molar-refractivity contribution in [3.63, 3.8) is 0 Å². The van der Waals surface area contributed by atoms with Crippen molar-refractivity contribution in [3.8, 4) is 0 Å². The molecule has 2 aromatic rings. The van der Waals surface area contributed by atoms with E-state index < -0.39 is 5.97 Å². The molecule has 0 aliphatic carbocycles. The van der Waals surface area contributed by atoms with Crippen LogP contribution in [0.4, 0.5) is 5.69 Å². The lowest BCUT2D eigenvalue weighted by atomic mass is 10.1. The van der Waals surface area contributed by atoms with Crippen LogP contribution in [0.15, 0.2) is 24.5 Å². The molecule has 0 unspecified atom stereocenters. The molecule has 15 heavy (non-hydrogen) atoms. The Morgan fingerprint density at radius 3 is 2.80 bits per heavy atom. The van der Waals surface area contributed by atoms with E-state index in [2.05, 4.69) is 14.7 Å². The number of hydrogen-bond donors (Lipinski definition) is 1. The highest BCUT2D eigenvalue weighted by molar-refractivity contribution is 6.06. The van der Waals surface area contributed by atoms with Crippen molar-refractivity contribution in [3.05, 3.63) is 30.1 Å². The van der Waals surface area contributed by atoms with E-state index in [9.17, 15) is 4.79 Å². The van der Waals surface area contributed by atoms with Gasteiger partial charge in [0.1, 0.15) is 11.1 Å². The summed E-state index contributed by atoms with van der Waals surface area (Å²) in [6.45, 7) is 0. The number of anilines is 1. The summed E-state index contributed by atoms with van der Waals surface area (Å²) in [6.07, 6.45) is 3.06. The summed E-state index contributed by atoms with van der Waals surface area (Å²) in [7, 11) is 1.30. The van der Waals surface area contributed by atoms with Crippen LogP contribution >= 0.6 is 0 Å². The minimum Gasteiger partial charge on any atom is -0.465 e. The molecule has 0 saturated carbocycles. The summed E-state index contributed by atoms with van der Waals surface area (Å²) < 4.78 is 4.64. The fourth-order valence-corrected chi connectivity index (χ4v) is 1.37. The molecule has 1 aromatic carbocycles. The molecule has 0 bridgehead atoms. The van der Waals surface area contributed by atoms with Crippen molar-refractivity contribution >= 4 is 22.7 Å². The van der Waals surface area contributed by atoms with Gasteiger partial charge in [-0.1, -0.05) is 0 Å². The van der Waals surface area contributed by atoms with Gasteiger partial charge in [-0.2, -0.15) is 0 Å². The lowest BCUT2D eigenvalue weighted by Gasteiger charge is -2.05. The van der Waals surface area contributed by atoms with Crippen LogP contribution in [0.1, 0.15) is 10.4 Å². The number of fused-ring (bicyclic) bond motifs is 1. The molecule has 2 N–H and O–H groups in total. The zero-order valence-corrected chi connectivity index (χ0v) is 8.10. The first-order valence-electron chi connectivity index (χ1n) is 4.31. The fourth-order valence-electron chi connectivity index (χ4n) is 1.37. The van der Waals surface area contributed by atoms with Gasteiger partial charge < -0.3 is 10.5 Å². The highest BCUT2D eigenvalue weighted by atomic mass is 16.5. The van der Waals surface area contributed by atoms with Crippen molar-refractivity contribution in [2.24, 2.45) is 0 Å². The van der Waals surface area contributed by atoms with Gasteiger partial charge in [0, 0.05) is 18.1 Å². The third-order valence-corrected chi connectivity index (χ3v) is 2.06. The number of benzene rings is 1. The van der Waals surface area contributed by atoms with Gasteiger partial charge in [-0.15, -0.1) is 0 Å². The fraction of sp³-hybridized carbons (Fsp3) is 0.100. The Labute approximate surface area is 85.9 Å². The van der Waals surface area contributed by atoms with E-state index >= 15 is 0 Å². The number of hydrogen-bond acceptors (Lipinski definition) is 5. The maximum absolute atomic E-state index is 11.5. The van der Waals surface area contributed by atoms with Gasteiger partial charge >= 0.3 is 5.97 Å². The molecule has 2 rings (SSSR count). The van der Waals surface area contributed by atoms with Gasteiger partial charge in [0.05, 0.1) is 12.6 Å². The molecule has 0 aliphatic heterocycles. The van der Waals surface area contributed by atoms with Gasteiger partial charge in [-0.3, -0.25) is 9.97 Å². The number of rotatable bonds is 1. The zero-order chi connectivity index (χ0) is 10.8. The molecule has 0 spiro atoms. The van der Waals surface area contributed by atoms with E-state index in [1.54, 1.807) is 18.3 Å². The highest BCUT2D eigenvalue weighted by Gasteiger charge is 2.15. The van der Waals surface area contributed by atoms with Crippen LogP contribution in [-0.2, 0) is 4.74 Å². The number of carbonyl (C=O) groups is 1. The number of nitrogens with zero attached hydrogens (tertiary/aromatic N) is 2. The molecule has 0 atom stereocenters. The summed E-state index contributed by atoms with van der Waals surface area (Å²) >= 11 is 0. The molecular weight excluding hydrogens is 194 g/mol. The van der Waals surface area contributed by atoms with E-state index in [0.717, 1.165) is 0 Å². The van der Waals surface area contributed by atoms with E-state index in [1.165, 1.54) is 13.3 Å². The Morgan fingerprint density at radius 1 is 1.33 bits per heavy atom. The number of esters is 1. The van der Waals surface area contributed by atoms with Gasteiger partial charge in [0.15, 0.2) is 0 Å². The van der Waals surface area contributed by atoms with Crippen molar-refractivity contribution in [2.45, 2.75) is 0 Å². The second-order valence-electron chi connectivity index (χ2n) is 2.95. The molecule has 5 heteroatoms. The number of ether oxygens (including phenoxy) is 1. The largest absolute Gasteiger partial charge is 0.465 e. The van der Waals surface area contributed by atoms with Crippen LogP contribution in [0, 0.1) is 0 Å². The molecular formula is C10H9N3O2. The van der Waals surface area contributed by atoms with Crippen molar-refractivity contribution in [1.29, 1.82) is 0 Å². The second kappa shape index (κ2) is 3.53. The van der Waals surface area contributed by atoms with Gasteiger partial charge in [0.2, 0.25) is 0 Å². The monoisotopic (exact) mass is 203 g/mol. The first kappa shape index (κ1) is 9.39. The second-order valence-corrected chi connectivity index (χ2v) is 2.95. The quantitative estimate of drug-likeness (QED) is 0.552. The molecule has 76 valence electrons. The number of nitrogens with two attached hydrogens (primary N) is 1. The first-order chi connectivity index (χ1) is 7.24. The molecule has 0 aliphatic rings. The summed E-state index contributed by atoms with van der Waals surface area (Å²) in [6, 6.07) is 3.33. The molecule has 0 radical (unpaired) electrons. The number of aromatic nitrogens is 2. The maximum Gasteiger partial charge on any atom is 0.342 e. The van der Waals surface area contributed by atoms with E-state index in [1.807, 2.05) is 0 Å². The molecule has 0 amide bonds. The van der Waals surface area contributed by atoms with Crippen LogP contribution in [0.25, 0.3) is 11.0 Å². The minimum atomic E-state index is -0.501. The van der Waals surface area contributed by atoms with Crippen LogP contribution in [0.5, 0.6) is 0 Å². The molecule has 5 nitrogen and oxygen atoms in total. The van der Waals surface area contributed by atoms with Crippen LogP contribution in [0.2, 0.25) is 0 Å². The van der Waals surface area contributed by atoms with Crippen LogP contribution in [-0.4, -0.2) is 23.0 Å². The Kier molecular flexibility index (Phi) is 2.21. The lowest BCUT2D eigenvalue weighted by molar-refractivity contribution is 0.0604. The van der Waals surface area contributed by atoms with Crippen molar-refractivity contribution in [1.82, 2.24) is 9.97 Å². The van der Waals surface area contributed by atoms with Crippen molar-refractivity contribution < 1.29 is 9.53 Å². The third-order valence-electron chi connectivity index (χ3n) is 2.06. The van der Waals surface area contributed by atoms with Gasteiger partial charge in [-0.05, 0) is 12.1 Å². The van der Waals surface area contributed by atoms with Crippen LogP contribution < -0.4 is 5.73 Å². The van der Waals surface area contributed by atoms with Crippen molar-refractivity contribution in [2.75, 3.05) is 12.8 Å². The van der Waals surface area contributed by atoms with Gasteiger partial charge in [-0.25, -0.2) is 4.79 Å². The SMILES string of the molecule is COC(=O)c1c(N)ccc2nccnc12. The lowest BCUT2D eigenvalue weighted by Crippen LogP contribution is -2.07. The average molecular weight is 203 g/mol. The van der Waals surface area contributed by atoms with E-state index in [4.69, 9.17) is 5.73 Å². The van der Waals surface area contributed by atoms with Crippen LogP contribution in [0.3, 0.4) is 0 Å². The topological polar surface area (TPSA) is 78.1 Å². The maximum atomic E-state index is 11.5. The minimum absolute atomic E-state index is 0.267. The Morgan fingerprint density at radius 2 is 2.07 bits per heavy atom.